The Kier molecular flexibility index (Phi) is 10.6. The minimum Gasteiger partial charge on any atom is -0.354 e. The fourth-order valence-corrected chi connectivity index (χ4v) is 5.89. The van der Waals surface area contributed by atoms with E-state index in [-0.39, 0.29) is 33.1 Å². The Labute approximate surface area is 241 Å². The van der Waals surface area contributed by atoms with Gasteiger partial charge in [-0.05, 0) is 61.4 Å². The minimum atomic E-state index is -4.19. The van der Waals surface area contributed by atoms with Gasteiger partial charge in [0, 0.05) is 27.6 Å². The van der Waals surface area contributed by atoms with Gasteiger partial charge in [-0.2, -0.15) is 0 Å². The van der Waals surface area contributed by atoms with Gasteiger partial charge in [-0.15, -0.1) is 0 Å². The molecule has 1 atom stereocenters. The highest BCUT2D eigenvalue weighted by Crippen LogP contribution is 2.30. The number of halogens is 3. The van der Waals surface area contributed by atoms with Crippen molar-refractivity contribution in [2.45, 2.75) is 37.8 Å². The van der Waals surface area contributed by atoms with E-state index >= 15 is 0 Å². The second-order valence-corrected chi connectivity index (χ2v) is 12.2. The lowest BCUT2D eigenvalue weighted by Gasteiger charge is -2.32. The third-order valence-corrected chi connectivity index (χ3v) is 8.48. The zero-order valence-corrected chi connectivity index (χ0v) is 24.8. The third kappa shape index (κ3) is 7.72. The Morgan fingerprint density at radius 2 is 1.58 bits per heavy atom. The average Bonchev–Trinajstić information content (AvgIpc) is 2.89. The number of rotatable bonds is 11. The van der Waals surface area contributed by atoms with E-state index in [1.807, 2.05) is 31.2 Å². The Balaban J connectivity index is 2.03. The monoisotopic (exact) mass is 639 g/mol. The van der Waals surface area contributed by atoms with Crippen LogP contribution < -0.4 is 9.62 Å². The fourth-order valence-electron chi connectivity index (χ4n) is 3.70. The lowest BCUT2D eigenvalue weighted by molar-refractivity contribution is -0.139. The molecule has 11 heteroatoms. The van der Waals surface area contributed by atoms with Gasteiger partial charge in [-0.1, -0.05) is 76.4 Å². The highest BCUT2D eigenvalue weighted by molar-refractivity contribution is 9.10. The van der Waals surface area contributed by atoms with E-state index in [9.17, 15) is 18.0 Å². The summed E-state index contributed by atoms with van der Waals surface area (Å²) < 4.78 is 29.3. The predicted octanol–water partition coefficient (Wildman–Crippen LogP) is 5.89. The van der Waals surface area contributed by atoms with Gasteiger partial charge < -0.3 is 10.2 Å². The molecule has 0 saturated heterocycles. The highest BCUT2D eigenvalue weighted by Gasteiger charge is 2.32. The summed E-state index contributed by atoms with van der Waals surface area (Å²) in [5, 5.41) is 3.24. The van der Waals surface area contributed by atoms with Crippen LogP contribution in [0.4, 0.5) is 5.69 Å². The molecule has 38 heavy (non-hydrogen) atoms. The summed E-state index contributed by atoms with van der Waals surface area (Å²) in [6, 6.07) is 18.6. The number of nitrogens with zero attached hydrogens (tertiary/aromatic N) is 2. The molecule has 0 aliphatic rings. The molecule has 2 amide bonds. The quantitative estimate of drug-likeness (QED) is 0.283. The van der Waals surface area contributed by atoms with Crippen LogP contribution in [0.25, 0.3) is 0 Å². The van der Waals surface area contributed by atoms with Gasteiger partial charge in [0.25, 0.3) is 10.0 Å². The molecule has 0 aliphatic carbocycles. The second-order valence-electron chi connectivity index (χ2n) is 8.57. The summed E-state index contributed by atoms with van der Waals surface area (Å²) >= 11 is 15.8. The number of benzene rings is 3. The second kappa shape index (κ2) is 13.5. The highest BCUT2D eigenvalue weighted by atomic mass is 79.9. The van der Waals surface area contributed by atoms with Gasteiger partial charge in [0.1, 0.15) is 12.6 Å². The predicted molar refractivity (Wildman–Crippen MR) is 155 cm³/mol. The molecule has 0 saturated carbocycles. The molecule has 202 valence electrons. The average molecular weight is 641 g/mol. The molecular formula is C27H28BrCl2N3O4S. The van der Waals surface area contributed by atoms with Gasteiger partial charge in [0.15, 0.2) is 0 Å². The van der Waals surface area contributed by atoms with Gasteiger partial charge >= 0.3 is 0 Å². The number of hydrogen-bond donors (Lipinski definition) is 1. The molecule has 0 spiro atoms. The molecule has 0 aromatic heterocycles. The van der Waals surface area contributed by atoms with Crippen LogP contribution in [-0.4, -0.2) is 44.3 Å². The van der Waals surface area contributed by atoms with Crippen LogP contribution in [0.1, 0.15) is 25.8 Å². The first-order valence-corrected chi connectivity index (χ1v) is 14.9. The number of anilines is 1. The van der Waals surface area contributed by atoms with Crippen molar-refractivity contribution in [1.82, 2.24) is 10.2 Å². The van der Waals surface area contributed by atoms with Crippen molar-refractivity contribution in [3.05, 3.63) is 92.9 Å². The molecule has 7 nitrogen and oxygen atoms in total. The van der Waals surface area contributed by atoms with Crippen molar-refractivity contribution < 1.29 is 18.0 Å². The molecule has 0 aliphatic heterocycles. The first-order valence-electron chi connectivity index (χ1n) is 11.9. The molecule has 0 heterocycles. The summed E-state index contributed by atoms with van der Waals surface area (Å²) in [7, 11) is -4.19. The lowest BCUT2D eigenvalue weighted by atomic mass is 10.1. The van der Waals surface area contributed by atoms with Gasteiger partial charge in [-0.3, -0.25) is 13.9 Å². The van der Waals surface area contributed by atoms with Crippen molar-refractivity contribution in [3.8, 4) is 0 Å². The summed E-state index contributed by atoms with van der Waals surface area (Å²) in [5.41, 5.74) is 0.909. The number of nitrogens with one attached hydrogen (secondary N) is 1. The maximum absolute atomic E-state index is 13.8. The fraction of sp³-hybridized carbons (Fsp3) is 0.259. The van der Waals surface area contributed by atoms with Crippen LogP contribution in [0.3, 0.4) is 0 Å². The molecule has 3 rings (SSSR count). The zero-order chi connectivity index (χ0) is 27.9. The van der Waals surface area contributed by atoms with E-state index in [0.29, 0.717) is 6.54 Å². The summed E-state index contributed by atoms with van der Waals surface area (Å²) in [6.07, 6.45) is 0.734. The van der Waals surface area contributed by atoms with Crippen molar-refractivity contribution >= 4 is 66.7 Å². The Hall–Kier alpha value is -2.59. The van der Waals surface area contributed by atoms with Gasteiger partial charge in [0.05, 0.1) is 10.6 Å². The topological polar surface area (TPSA) is 86.8 Å². The normalized spacial score (nSPS) is 12.0. The van der Waals surface area contributed by atoms with Crippen LogP contribution >= 0.6 is 39.1 Å². The number of carbonyl (C=O) groups excluding carboxylic acids is 2. The maximum atomic E-state index is 13.8. The number of carbonyl (C=O) groups is 2. The number of hydrogen-bond acceptors (Lipinski definition) is 4. The molecule has 3 aromatic carbocycles. The van der Waals surface area contributed by atoms with E-state index in [0.717, 1.165) is 20.8 Å². The lowest BCUT2D eigenvalue weighted by Crippen LogP contribution is -2.51. The number of amides is 2. The summed E-state index contributed by atoms with van der Waals surface area (Å²) in [4.78, 5) is 28.1. The Morgan fingerprint density at radius 1 is 0.974 bits per heavy atom. The SMILES string of the molecule is CCCNC(=O)[C@H](C)N(Cc1ccc(Br)cc1)C(=O)CN(c1cc(Cl)cc(Cl)c1)S(=O)(=O)c1ccccc1. The molecule has 0 radical (unpaired) electrons. The first kappa shape index (κ1) is 30.0. The zero-order valence-electron chi connectivity index (χ0n) is 20.9. The van der Waals surface area contributed by atoms with Crippen molar-refractivity contribution in [1.29, 1.82) is 0 Å². The van der Waals surface area contributed by atoms with Crippen LogP contribution in [0, 0.1) is 0 Å². The molecule has 0 unspecified atom stereocenters. The molecular weight excluding hydrogens is 613 g/mol. The van der Waals surface area contributed by atoms with Crippen molar-refractivity contribution in [2.75, 3.05) is 17.4 Å². The Bertz CT molecular complexity index is 1350. The van der Waals surface area contributed by atoms with Crippen molar-refractivity contribution in [2.24, 2.45) is 0 Å². The van der Waals surface area contributed by atoms with Crippen LogP contribution in [0.2, 0.25) is 10.0 Å². The first-order chi connectivity index (χ1) is 18.0. The standard InChI is InChI=1S/C27H28BrCl2N3O4S/c1-3-13-31-27(35)19(2)32(17-20-9-11-21(28)12-10-20)26(34)18-33(24-15-22(29)14-23(30)16-24)38(36,37)25-7-5-4-6-8-25/h4-12,14-16,19H,3,13,17-18H2,1-2H3,(H,31,35)/t19-/m0/s1. The van der Waals surface area contributed by atoms with Crippen LogP contribution in [-0.2, 0) is 26.2 Å². The Morgan fingerprint density at radius 3 is 2.16 bits per heavy atom. The largest absolute Gasteiger partial charge is 0.354 e. The molecule has 0 fully saturated rings. The van der Waals surface area contributed by atoms with E-state index in [2.05, 4.69) is 21.2 Å². The number of sulfonamides is 1. The molecule has 1 N–H and O–H groups in total. The summed E-state index contributed by atoms with van der Waals surface area (Å²) in [6.45, 7) is 3.53. The van der Waals surface area contributed by atoms with Gasteiger partial charge in [0.2, 0.25) is 11.8 Å². The van der Waals surface area contributed by atoms with Gasteiger partial charge in [-0.25, -0.2) is 8.42 Å². The van der Waals surface area contributed by atoms with Crippen molar-refractivity contribution in [3.63, 3.8) is 0 Å². The summed E-state index contributed by atoms with van der Waals surface area (Å²) in [5.74, 6) is -0.900. The maximum Gasteiger partial charge on any atom is 0.264 e. The minimum absolute atomic E-state index is 0.00269. The third-order valence-electron chi connectivity index (χ3n) is 5.73. The van der Waals surface area contributed by atoms with E-state index < -0.39 is 28.5 Å². The van der Waals surface area contributed by atoms with Crippen LogP contribution in [0.15, 0.2) is 82.2 Å². The molecule has 3 aromatic rings. The van der Waals surface area contributed by atoms with E-state index in [4.69, 9.17) is 23.2 Å². The van der Waals surface area contributed by atoms with Crippen LogP contribution in [0.5, 0.6) is 0 Å². The smallest absolute Gasteiger partial charge is 0.264 e. The molecule has 0 bridgehead atoms. The van der Waals surface area contributed by atoms with E-state index in [1.54, 1.807) is 25.1 Å². The van der Waals surface area contributed by atoms with E-state index in [1.165, 1.54) is 35.2 Å².